The molecule has 0 bridgehead atoms. The lowest BCUT2D eigenvalue weighted by molar-refractivity contribution is 0.576. The molecule has 1 aromatic heterocycles. The predicted molar refractivity (Wildman–Crippen MR) is 74.5 cm³/mol. The molecule has 0 unspecified atom stereocenters. The van der Waals surface area contributed by atoms with Crippen LogP contribution in [0.15, 0.2) is 27.2 Å². The van der Waals surface area contributed by atoms with Crippen molar-refractivity contribution in [2.45, 2.75) is 18.4 Å². The highest BCUT2D eigenvalue weighted by molar-refractivity contribution is 7.89. The van der Waals surface area contributed by atoms with Gasteiger partial charge in [0.1, 0.15) is 5.82 Å². The number of aromatic amines is 1. The van der Waals surface area contributed by atoms with Gasteiger partial charge in [-0.05, 0) is 19.1 Å². The van der Waals surface area contributed by atoms with Crippen LogP contribution in [0.5, 0.6) is 0 Å². The number of nitrogens with one attached hydrogen (secondary N) is 2. The van der Waals surface area contributed by atoms with E-state index >= 15 is 0 Å². The summed E-state index contributed by atoms with van der Waals surface area (Å²) in [6.07, 6.45) is 0. The van der Waals surface area contributed by atoms with Crippen LogP contribution in [0, 0.1) is 12.7 Å². The summed E-state index contributed by atoms with van der Waals surface area (Å²) in [4.78, 5) is 12.9. The molecule has 0 saturated carbocycles. The molecule has 4 N–H and O–H groups in total. The molecule has 2 aromatic rings. The molecule has 0 radical (unpaired) electrons. The van der Waals surface area contributed by atoms with E-state index < -0.39 is 15.8 Å². The highest BCUT2D eigenvalue weighted by Gasteiger charge is 2.17. The van der Waals surface area contributed by atoms with Crippen LogP contribution >= 0.6 is 11.3 Å². The fourth-order valence-corrected chi connectivity index (χ4v) is 3.12. The molecule has 0 saturated heterocycles. The number of H-pyrrole nitrogens is 1. The number of aromatic nitrogens is 1. The van der Waals surface area contributed by atoms with Gasteiger partial charge in [-0.2, -0.15) is 0 Å². The molecule has 0 aliphatic carbocycles. The summed E-state index contributed by atoms with van der Waals surface area (Å²) >= 11 is 0.932. The van der Waals surface area contributed by atoms with Gasteiger partial charge < -0.3 is 10.7 Å². The second kappa shape index (κ2) is 5.35. The zero-order valence-corrected chi connectivity index (χ0v) is 12.1. The molecule has 0 spiro atoms. The van der Waals surface area contributed by atoms with Crippen LogP contribution in [0.1, 0.15) is 11.3 Å². The van der Waals surface area contributed by atoms with Crippen molar-refractivity contribution in [3.63, 3.8) is 0 Å². The monoisotopic (exact) mass is 317 g/mol. The van der Waals surface area contributed by atoms with Crippen LogP contribution < -0.4 is 15.3 Å². The Kier molecular flexibility index (Phi) is 3.93. The van der Waals surface area contributed by atoms with Crippen molar-refractivity contribution in [3.05, 3.63) is 44.3 Å². The van der Waals surface area contributed by atoms with E-state index in [1.165, 1.54) is 18.4 Å². The smallest absolute Gasteiger partial charge is 0.304 e. The van der Waals surface area contributed by atoms with E-state index in [1.54, 1.807) is 0 Å². The summed E-state index contributed by atoms with van der Waals surface area (Å²) in [5, 5.41) is 1.51. The Labute approximate surface area is 118 Å². The summed E-state index contributed by atoms with van der Waals surface area (Å²) in [7, 11) is -3.90. The van der Waals surface area contributed by atoms with Crippen LogP contribution in [-0.4, -0.2) is 13.4 Å². The van der Waals surface area contributed by atoms with Gasteiger partial charge >= 0.3 is 4.87 Å². The summed E-state index contributed by atoms with van der Waals surface area (Å²) in [6.45, 7) is 1.38. The molecule has 1 heterocycles. The average molecular weight is 317 g/mol. The van der Waals surface area contributed by atoms with Crippen molar-refractivity contribution in [1.82, 2.24) is 9.71 Å². The Morgan fingerprint density at radius 1 is 1.45 bits per heavy atom. The number of nitrogen functional groups attached to an aromatic ring is 1. The molecule has 0 fully saturated rings. The van der Waals surface area contributed by atoms with Crippen LogP contribution in [-0.2, 0) is 16.6 Å². The Morgan fingerprint density at radius 2 is 2.15 bits per heavy atom. The maximum atomic E-state index is 13.5. The first-order valence-electron chi connectivity index (χ1n) is 5.51. The van der Waals surface area contributed by atoms with Crippen molar-refractivity contribution in [3.8, 4) is 0 Å². The normalized spacial score (nSPS) is 11.7. The van der Waals surface area contributed by atoms with Crippen molar-refractivity contribution in [2.75, 3.05) is 5.73 Å². The van der Waals surface area contributed by atoms with Crippen LogP contribution in [0.2, 0.25) is 0 Å². The molecule has 2 rings (SSSR count). The largest absolute Gasteiger partial charge is 0.398 e. The third-order valence-electron chi connectivity index (χ3n) is 2.69. The lowest BCUT2D eigenvalue weighted by Crippen LogP contribution is -2.24. The summed E-state index contributed by atoms with van der Waals surface area (Å²) in [5.41, 5.74) is 6.25. The van der Waals surface area contributed by atoms with Gasteiger partial charge in [0.15, 0.2) is 0 Å². The number of thiazole rings is 1. The lowest BCUT2D eigenvalue weighted by atomic mass is 10.2. The highest BCUT2D eigenvalue weighted by atomic mass is 32.2. The third kappa shape index (κ3) is 3.06. The number of benzene rings is 1. The average Bonchev–Trinajstić information content (AvgIpc) is 2.79. The first kappa shape index (κ1) is 14.7. The number of nitrogens with two attached hydrogens (primary N) is 1. The minimum Gasteiger partial charge on any atom is -0.398 e. The Morgan fingerprint density at radius 3 is 2.70 bits per heavy atom. The topological polar surface area (TPSA) is 105 Å². The van der Waals surface area contributed by atoms with E-state index in [0.29, 0.717) is 5.69 Å². The molecule has 6 nitrogen and oxygen atoms in total. The van der Waals surface area contributed by atoms with Gasteiger partial charge in [-0.3, -0.25) is 4.79 Å². The zero-order valence-electron chi connectivity index (χ0n) is 10.4. The van der Waals surface area contributed by atoms with Crippen molar-refractivity contribution in [2.24, 2.45) is 0 Å². The van der Waals surface area contributed by atoms with Gasteiger partial charge in [-0.15, -0.1) is 0 Å². The minimum absolute atomic E-state index is 0.0642. The number of hydrogen-bond donors (Lipinski definition) is 3. The van der Waals surface area contributed by atoms with E-state index in [2.05, 4.69) is 9.71 Å². The Bertz CT molecular complexity index is 772. The Hall–Kier alpha value is -1.71. The van der Waals surface area contributed by atoms with Crippen molar-refractivity contribution < 1.29 is 12.8 Å². The van der Waals surface area contributed by atoms with Gasteiger partial charge in [-0.25, -0.2) is 17.5 Å². The molecule has 1 aromatic carbocycles. The maximum Gasteiger partial charge on any atom is 0.304 e. The minimum atomic E-state index is -3.90. The second-order valence-corrected chi connectivity index (χ2v) is 6.73. The van der Waals surface area contributed by atoms with Gasteiger partial charge in [0.2, 0.25) is 10.0 Å². The number of rotatable bonds is 4. The molecular weight excluding hydrogens is 305 g/mol. The fourth-order valence-electron chi connectivity index (χ4n) is 1.49. The zero-order chi connectivity index (χ0) is 14.9. The first-order valence-corrected chi connectivity index (χ1v) is 7.88. The summed E-state index contributed by atoms with van der Waals surface area (Å²) < 4.78 is 39.8. The van der Waals surface area contributed by atoms with Crippen LogP contribution in [0.3, 0.4) is 0 Å². The third-order valence-corrected chi connectivity index (χ3v) is 4.79. The molecule has 108 valence electrons. The molecule has 0 aliphatic rings. The number of hydrogen-bond acceptors (Lipinski definition) is 5. The van der Waals surface area contributed by atoms with Crippen LogP contribution in [0.4, 0.5) is 10.1 Å². The van der Waals surface area contributed by atoms with Crippen molar-refractivity contribution in [1.29, 1.82) is 0 Å². The van der Waals surface area contributed by atoms with Gasteiger partial charge in [-0.1, -0.05) is 11.3 Å². The van der Waals surface area contributed by atoms with E-state index in [0.717, 1.165) is 17.4 Å². The second-order valence-electron chi connectivity index (χ2n) is 4.12. The van der Waals surface area contributed by atoms with Gasteiger partial charge in [0.25, 0.3) is 0 Å². The predicted octanol–water partition coefficient (Wildman–Crippen LogP) is 0.945. The quantitative estimate of drug-likeness (QED) is 0.730. The van der Waals surface area contributed by atoms with Crippen molar-refractivity contribution >= 4 is 27.0 Å². The van der Waals surface area contributed by atoms with Gasteiger partial charge in [0, 0.05) is 22.3 Å². The van der Waals surface area contributed by atoms with E-state index in [1.807, 2.05) is 0 Å². The van der Waals surface area contributed by atoms with E-state index in [-0.39, 0.29) is 27.6 Å². The number of sulfonamides is 1. The standard InChI is InChI=1S/C11H12FN3O3S2/c1-6-9(12)2-8(3-10(6)13)20(17,18)14-4-7-5-19-11(16)15-7/h2-3,5,14H,4,13H2,1H3,(H,15,16). The maximum absolute atomic E-state index is 13.5. The molecule has 20 heavy (non-hydrogen) atoms. The summed E-state index contributed by atoms with van der Waals surface area (Å²) in [6, 6.07) is 2.10. The summed E-state index contributed by atoms with van der Waals surface area (Å²) in [5.74, 6) is -0.686. The highest BCUT2D eigenvalue weighted by Crippen LogP contribution is 2.20. The Balaban J connectivity index is 2.24. The lowest BCUT2D eigenvalue weighted by Gasteiger charge is -2.08. The first-order chi connectivity index (χ1) is 9.29. The van der Waals surface area contributed by atoms with Crippen LogP contribution in [0.25, 0.3) is 0 Å². The molecule has 0 atom stereocenters. The van der Waals surface area contributed by atoms with E-state index in [4.69, 9.17) is 5.73 Å². The number of halogens is 1. The molecule has 0 amide bonds. The molecule has 9 heteroatoms. The molecular formula is C11H12FN3O3S2. The van der Waals surface area contributed by atoms with Gasteiger partial charge in [0.05, 0.1) is 11.4 Å². The molecule has 0 aliphatic heterocycles. The van der Waals surface area contributed by atoms with E-state index in [9.17, 15) is 17.6 Å². The number of anilines is 1. The SMILES string of the molecule is Cc1c(N)cc(S(=O)(=O)NCc2csc(=O)[nH]2)cc1F. The fraction of sp³-hybridized carbons (Fsp3) is 0.182.